The van der Waals surface area contributed by atoms with E-state index in [0.29, 0.717) is 37.6 Å². The van der Waals surface area contributed by atoms with Crippen molar-refractivity contribution in [2.24, 2.45) is 5.92 Å². The van der Waals surface area contributed by atoms with Crippen LogP contribution in [0.1, 0.15) is 5.56 Å². The molecule has 0 unspecified atom stereocenters. The third-order valence-corrected chi connectivity index (χ3v) is 5.83. The van der Waals surface area contributed by atoms with E-state index in [2.05, 4.69) is 29.6 Å². The maximum Gasteiger partial charge on any atom is 0.260 e. The number of para-hydroxylation sites is 2. The molecule has 1 aliphatic rings. The van der Waals surface area contributed by atoms with Gasteiger partial charge < -0.3 is 19.7 Å². The molecule has 0 bridgehead atoms. The Morgan fingerprint density at radius 1 is 0.970 bits per heavy atom. The van der Waals surface area contributed by atoms with Crippen LogP contribution in [0, 0.1) is 5.92 Å². The minimum Gasteiger partial charge on any atom is -0.493 e. The Kier molecular flexibility index (Phi) is 7.25. The second-order valence-corrected chi connectivity index (χ2v) is 7.99. The van der Waals surface area contributed by atoms with Gasteiger partial charge in [-0.25, -0.2) is 0 Å². The number of carbonyl (C=O) groups excluding carboxylic acids is 2. The number of amides is 2. The molecule has 0 spiro atoms. The van der Waals surface area contributed by atoms with Crippen LogP contribution in [0.2, 0.25) is 0 Å². The van der Waals surface area contributed by atoms with E-state index in [-0.39, 0.29) is 24.3 Å². The molecule has 4 rings (SSSR count). The standard InChI is InChI=1S/C27H28N2O4/c1-32-24-13-7-8-14-25(24)33-19-26(30)29-16-15-28-27(31)22(18-29)17-21-11-5-6-12-23(21)20-9-3-2-4-10-20/h2-14,22H,15-19H2,1H3,(H,28,31)/t22-/m0/s1. The molecular weight excluding hydrogens is 416 g/mol. The monoisotopic (exact) mass is 444 g/mol. The highest BCUT2D eigenvalue weighted by molar-refractivity contribution is 5.83. The van der Waals surface area contributed by atoms with Crippen LogP contribution in [0.5, 0.6) is 11.5 Å². The summed E-state index contributed by atoms with van der Waals surface area (Å²) in [7, 11) is 1.56. The Labute approximate surface area is 194 Å². The van der Waals surface area contributed by atoms with Gasteiger partial charge in [-0.3, -0.25) is 9.59 Å². The largest absolute Gasteiger partial charge is 0.493 e. The van der Waals surface area contributed by atoms with Crippen LogP contribution in [-0.2, 0) is 16.0 Å². The highest BCUT2D eigenvalue weighted by Crippen LogP contribution is 2.27. The predicted molar refractivity (Wildman–Crippen MR) is 127 cm³/mol. The van der Waals surface area contributed by atoms with Crippen LogP contribution in [0.4, 0.5) is 0 Å². The van der Waals surface area contributed by atoms with E-state index in [1.165, 1.54) is 0 Å². The molecule has 1 fully saturated rings. The van der Waals surface area contributed by atoms with Crippen molar-refractivity contribution in [3.8, 4) is 22.6 Å². The summed E-state index contributed by atoms with van der Waals surface area (Å²) in [5.74, 6) is 0.573. The summed E-state index contributed by atoms with van der Waals surface area (Å²) in [5, 5.41) is 2.96. The van der Waals surface area contributed by atoms with Crippen molar-refractivity contribution in [3.63, 3.8) is 0 Å². The number of ether oxygens (including phenoxy) is 2. The summed E-state index contributed by atoms with van der Waals surface area (Å²) in [5.41, 5.74) is 3.30. The maximum atomic E-state index is 12.9. The van der Waals surface area contributed by atoms with Crippen LogP contribution in [0.3, 0.4) is 0 Å². The average molecular weight is 445 g/mol. The lowest BCUT2D eigenvalue weighted by molar-refractivity contribution is -0.134. The summed E-state index contributed by atoms with van der Waals surface area (Å²) >= 11 is 0. The van der Waals surface area contributed by atoms with Crippen molar-refractivity contribution in [1.29, 1.82) is 0 Å². The number of benzene rings is 3. The van der Waals surface area contributed by atoms with Gasteiger partial charge in [0.25, 0.3) is 5.91 Å². The predicted octanol–water partition coefficient (Wildman–Crippen LogP) is 3.56. The first-order valence-corrected chi connectivity index (χ1v) is 11.1. The molecule has 170 valence electrons. The first-order chi connectivity index (χ1) is 16.2. The average Bonchev–Trinajstić information content (AvgIpc) is 3.05. The van der Waals surface area contributed by atoms with E-state index < -0.39 is 0 Å². The van der Waals surface area contributed by atoms with Crippen LogP contribution < -0.4 is 14.8 Å². The number of nitrogens with one attached hydrogen (secondary N) is 1. The molecule has 1 saturated heterocycles. The van der Waals surface area contributed by atoms with Crippen molar-refractivity contribution in [1.82, 2.24) is 10.2 Å². The Bertz CT molecular complexity index is 1100. The molecule has 0 radical (unpaired) electrons. The quantitative estimate of drug-likeness (QED) is 0.605. The van der Waals surface area contributed by atoms with Crippen molar-refractivity contribution < 1.29 is 19.1 Å². The second kappa shape index (κ2) is 10.7. The first-order valence-electron chi connectivity index (χ1n) is 11.1. The molecule has 3 aromatic rings. The molecule has 33 heavy (non-hydrogen) atoms. The fraction of sp³-hybridized carbons (Fsp3) is 0.259. The number of carbonyl (C=O) groups is 2. The lowest BCUT2D eigenvalue weighted by atomic mass is 9.91. The first kappa shape index (κ1) is 22.4. The van der Waals surface area contributed by atoms with Gasteiger partial charge in [-0.2, -0.15) is 0 Å². The minimum atomic E-state index is -0.340. The second-order valence-electron chi connectivity index (χ2n) is 7.99. The molecule has 1 N–H and O–H groups in total. The number of hydrogen-bond acceptors (Lipinski definition) is 4. The molecule has 0 saturated carbocycles. The molecule has 6 heteroatoms. The van der Waals surface area contributed by atoms with E-state index in [1.54, 1.807) is 24.1 Å². The van der Waals surface area contributed by atoms with Gasteiger partial charge in [-0.1, -0.05) is 66.7 Å². The van der Waals surface area contributed by atoms with Gasteiger partial charge in [0.15, 0.2) is 18.1 Å². The number of methoxy groups -OCH3 is 1. The SMILES string of the molecule is COc1ccccc1OCC(=O)N1CCNC(=O)[C@@H](Cc2ccccc2-c2ccccc2)C1. The van der Waals surface area contributed by atoms with Gasteiger partial charge in [0.1, 0.15) is 0 Å². The van der Waals surface area contributed by atoms with Gasteiger partial charge in [-0.15, -0.1) is 0 Å². The van der Waals surface area contributed by atoms with E-state index in [4.69, 9.17) is 9.47 Å². The normalized spacial score (nSPS) is 16.0. The zero-order valence-corrected chi connectivity index (χ0v) is 18.7. The van der Waals surface area contributed by atoms with Gasteiger partial charge in [0.2, 0.25) is 5.91 Å². The summed E-state index contributed by atoms with van der Waals surface area (Å²) in [6, 6.07) is 25.5. The highest BCUT2D eigenvalue weighted by Gasteiger charge is 2.28. The molecule has 0 aliphatic carbocycles. The van der Waals surface area contributed by atoms with Crippen LogP contribution in [0.25, 0.3) is 11.1 Å². The molecular formula is C27H28N2O4. The third-order valence-electron chi connectivity index (χ3n) is 5.83. The fourth-order valence-corrected chi connectivity index (χ4v) is 4.11. The summed E-state index contributed by atoms with van der Waals surface area (Å²) in [6.07, 6.45) is 0.550. The van der Waals surface area contributed by atoms with E-state index in [9.17, 15) is 9.59 Å². The number of rotatable bonds is 7. The Hall–Kier alpha value is -3.80. The molecule has 1 heterocycles. The maximum absolute atomic E-state index is 12.9. The number of hydrogen-bond donors (Lipinski definition) is 1. The molecule has 0 aromatic heterocycles. The number of nitrogens with zero attached hydrogens (tertiary/aromatic N) is 1. The summed E-state index contributed by atoms with van der Waals surface area (Å²) in [6.45, 7) is 1.12. The van der Waals surface area contributed by atoms with Crippen LogP contribution in [0.15, 0.2) is 78.9 Å². The lowest BCUT2D eigenvalue weighted by Crippen LogP contribution is -2.39. The Morgan fingerprint density at radius 2 is 1.67 bits per heavy atom. The summed E-state index contributed by atoms with van der Waals surface area (Å²) < 4.78 is 11.0. The van der Waals surface area contributed by atoms with Crippen molar-refractivity contribution in [3.05, 3.63) is 84.4 Å². The Morgan fingerprint density at radius 3 is 2.45 bits per heavy atom. The van der Waals surface area contributed by atoms with Crippen LogP contribution >= 0.6 is 0 Å². The topological polar surface area (TPSA) is 67.9 Å². The van der Waals surface area contributed by atoms with Crippen molar-refractivity contribution in [2.75, 3.05) is 33.4 Å². The molecule has 3 aromatic carbocycles. The zero-order valence-electron chi connectivity index (χ0n) is 18.7. The van der Waals surface area contributed by atoms with E-state index in [0.717, 1.165) is 16.7 Å². The third kappa shape index (κ3) is 5.52. The van der Waals surface area contributed by atoms with E-state index >= 15 is 0 Å². The van der Waals surface area contributed by atoms with Gasteiger partial charge in [-0.05, 0) is 35.2 Å². The van der Waals surface area contributed by atoms with E-state index in [1.807, 2.05) is 42.5 Å². The van der Waals surface area contributed by atoms with Gasteiger partial charge >= 0.3 is 0 Å². The minimum absolute atomic E-state index is 0.0289. The van der Waals surface area contributed by atoms with Gasteiger partial charge in [0.05, 0.1) is 13.0 Å². The molecule has 6 nitrogen and oxygen atoms in total. The van der Waals surface area contributed by atoms with Crippen molar-refractivity contribution >= 4 is 11.8 Å². The molecule has 2 amide bonds. The van der Waals surface area contributed by atoms with Crippen molar-refractivity contribution in [2.45, 2.75) is 6.42 Å². The fourth-order valence-electron chi connectivity index (χ4n) is 4.11. The smallest absolute Gasteiger partial charge is 0.260 e. The van der Waals surface area contributed by atoms with Gasteiger partial charge in [0, 0.05) is 19.6 Å². The Balaban J connectivity index is 1.46. The molecule has 1 aliphatic heterocycles. The molecule has 1 atom stereocenters. The van der Waals surface area contributed by atoms with Crippen LogP contribution in [-0.4, -0.2) is 50.1 Å². The zero-order chi connectivity index (χ0) is 23.0. The summed E-state index contributed by atoms with van der Waals surface area (Å²) in [4.78, 5) is 27.4. The lowest BCUT2D eigenvalue weighted by Gasteiger charge is -2.24. The highest BCUT2D eigenvalue weighted by atomic mass is 16.5.